The number of anilines is 1. The largest absolute Gasteiger partial charge is 0.327 e. The molecule has 1 aliphatic carbocycles. The zero-order chi connectivity index (χ0) is 14.1. The Morgan fingerprint density at radius 3 is 3.10 bits per heavy atom. The van der Waals surface area contributed by atoms with Crippen LogP contribution in [0, 0.1) is 0 Å². The number of amides is 1. The lowest BCUT2D eigenvalue weighted by atomic mass is 9.99. The van der Waals surface area contributed by atoms with Gasteiger partial charge in [-0.1, -0.05) is 11.6 Å². The molecule has 7 heteroatoms. The number of nitrogens with two attached hydrogens (primary N) is 1. The topological polar surface area (TPSA) is 80.9 Å². The number of thiazole rings is 1. The Hall–Kier alpha value is -1.50. The first-order valence-electron chi connectivity index (χ1n) is 6.29. The van der Waals surface area contributed by atoms with E-state index in [9.17, 15) is 4.79 Å². The van der Waals surface area contributed by atoms with Gasteiger partial charge in [-0.2, -0.15) is 0 Å². The van der Waals surface area contributed by atoms with Crippen molar-refractivity contribution >= 4 is 34.0 Å². The number of pyridine rings is 1. The molecule has 2 heterocycles. The Labute approximate surface area is 125 Å². The highest BCUT2D eigenvalue weighted by atomic mass is 35.5. The zero-order valence-corrected chi connectivity index (χ0v) is 12.2. The van der Waals surface area contributed by atoms with Crippen molar-refractivity contribution in [3.8, 4) is 0 Å². The summed E-state index contributed by atoms with van der Waals surface area (Å²) in [4.78, 5) is 21.6. The first-order valence-corrected chi connectivity index (χ1v) is 7.48. The molecule has 1 amide bonds. The average molecular weight is 309 g/mol. The van der Waals surface area contributed by atoms with E-state index in [1.165, 1.54) is 22.4 Å². The van der Waals surface area contributed by atoms with E-state index in [1.807, 2.05) is 0 Å². The number of carbonyl (C=O) groups excluding carboxylic acids is 1. The van der Waals surface area contributed by atoms with Gasteiger partial charge in [0.25, 0.3) is 5.91 Å². The van der Waals surface area contributed by atoms with Crippen molar-refractivity contribution < 1.29 is 4.79 Å². The normalized spacial score (nSPS) is 17.6. The van der Waals surface area contributed by atoms with Crippen molar-refractivity contribution in [2.24, 2.45) is 5.73 Å². The summed E-state index contributed by atoms with van der Waals surface area (Å²) in [5.74, 6) is -0.280. The summed E-state index contributed by atoms with van der Waals surface area (Å²) < 4.78 is 0. The van der Waals surface area contributed by atoms with Crippen LogP contribution in [0.3, 0.4) is 0 Å². The van der Waals surface area contributed by atoms with Crippen LogP contribution in [0.25, 0.3) is 0 Å². The van der Waals surface area contributed by atoms with Crippen molar-refractivity contribution in [1.82, 2.24) is 9.97 Å². The molecule has 0 bridgehead atoms. The Morgan fingerprint density at radius 1 is 1.50 bits per heavy atom. The van der Waals surface area contributed by atoms with E-state index in [2.05, 4.69) is 15.3 Å². The van der Waals surface area contributed by atoms with Crippen molar-refractivity contribution in [3.63, 3.8) is 0 Å². The number of rotatable bonds is 2. The second-order valence-corrected chi connectivity index (χ2v) is 6.23. The minimum absolute atomic E-state index is 0.199. The molecule has 0 fully saturated rings. The summed E-state index contributed by atoms with van der Waals surface area (Å²) in [6, 6.07) is 3.42. The van der Waals surface area contributed by atoms with E-state index in [-0.39, 0.29) is 11.9 Å². The first kappa shape index (κ1) is 13.5. The van der Waals surface area contributed by atoms with Gasteiger partial charge in [0.1, 0.15) is 5.69 Å². The van der Waals surface area contributed by atoms with E-state index in [0.29, 0.717) is 15.8 Å². The molecule has 3 N–H and O–H groups in total. The molecule has 0 aliphatic heterocycles. The second-order valence-electron chi connectivity index (χ2n) is 4.71. The summed E-state index contributed by atoms with van der Waals surface area (Å²) in [5.41, 5.74) is 7.31. The van der Waals surface area contributed by atoms with Gasteiger partial charge in [0.05, 0.1) is 10.7 Å². The highest BCUT2D eigenvalue weighted by molar-refractivity contribution is 7.15. The SMILES string of the molecule is N[C@H]1CCc2nc(NC(=O)c3ccc(Cl)cn3)sc2C1. The number of nitrogens with zero attached hydrogens (tertiary/aromatic N) is 2. The van der Waals surface area contributed by atoms with Crippen LogP contribution >= 0.6 is 22.9 Å². The predicted octanol–water partition coefficient (Wildman–Crippen LogP) is 2.26. The van der Waals surface area contributed by atoms with E-state index in [0.717, 1.165) is 25.0 Å². The van der Waals surface area contributed by atoms with Crippen LogP contribution in [0.2, 0.25) is 5.02 Å². The Balaban J connectivity index is 1.75. The molecule has 0 spiro atoms. The monoisotopic (exact) mass is 308 g/mol. The number of hydrogen-bond acceptors (Lipinski definition) is 5. The molecule has 104 valence electrons. The highest BCUT2D eigenvalue weighted by Gasteiger charge is 2.21. The third-order valence-corrected chi connectivity index (χ3v) is 4.42. The fourth-order valence-corrected chi connectivity index (χ4v) is 3.33. The first-order chi connectivity index (χ1) is 9.61. The molecule has 1 atom stereocenters. The molecule has 20 heavy (non-hydrogen) atoms. The van der Waals surface area contributed by atoms with Gasteiger partial charge in [0, 0.05) is 17.1 Å². The standard InChI is InChI=1S/C13H13ClN4OS/c14-7-1-3-10(16-6-7)12(19)18-13-17-9-4-2-8(15)5-11(9)20-13/h1,3,6,8H,2,4-5,15H2,(H,17,18,19)/t8-/m0/s1. The maximum absolute atomic E-state index is 12.0. The Kier molecular flexibility index (Phi) is 3.69. The van der Waals surface area contributed by atoms with E-state index >= 15 is 0 Å². The van der Waals surface area contributed by atoms with Gasteiger partial charge in [-0.15, -0.1) is 11.3 Å². The molecule has 0 saturated carbocycles. The second kappa shape index (κ2) is 5.47. The third-order valence-electron chi connectivity index (χ3n) is 3.16. The van der Waals surface area contributed by atoms with Gasteiger partial charge < -0.3 is 5.73 Å². The van der Waals surface area contributed by atoms with Gasteiger partial charge in [-0.05, 0) is 31.4 Å². The Bertz CT molecular complexity index is 640. The van der Waals surface area contributed by atoms with Gasteiger partial charge in [0.15, 0.2) is 5.13 Å². The molecule has 1 aliphatic rings. The summed E-state index contributed by atoms with van der Waals surface area (Å²) in [6.45, 7) is 0. The molecular formula is C13H13ClN4OS. The minimum atomic E-state index is -0.280. The van der Waals surface area contributed by atoms with Crippen LogP contribution in [-0.4, -0.2) is 21.9 Å². The molecule has 2 aromatic heterocycles. The number of nitrogens with one attached hydrogen (secondary N) is 1. The summed E-state index contributed by atoms with van der Waals surface area (Å²) in [5, 5.41) is 3.87. The fourth-order valence-electron chi connectivity index (χ4n) is 2.13. The van der Waals surface area contributed by atoms with E-state index < -0.39 is 0 Å². The van der Waals surface area contributed by atoms with E-state index in [4.69, 9.17) is 17.3 Å². The van der Waals surface area contributed by atoms with Crippen molar-refractivity contribution in [1.29, 1.82) is 0 Å². The zero-order valence-electron chi connectivity index (χ0n) is 10.6. The lowest BCUT2D eigenvalue weighted by Crippen LogP contribution is -2.27. The van der Waals surface area contributed by atoms with Gasteiger partial charge in [-0.25, -0.2) is 9.97 Å². The molecule has 0 radical (unpaired) electrons. The minimum Gasteiger partial charge on any atom is -0.327 e. The lowest BCUT2D eigenvalue weighted by molar-refractivity contribution is 0.102. The summed E-state index contributed by atoms with van der Waals surface area (Å²) >= 11 is 7.23. The number of fused-ring (bicyclic) bond motifs is 1. The number of halogens is 1. The van der Waals surface area contributed by atoms with Crippen LogP contribution in [0.1, 0.15) is 27.5 Å². The van der Waals surface area contributed by atoms with Crippen LogP contribution < -0.4 is 11.1 Å². The van der Waals surface area contributed by atoms with Crippen LogP contribution in [-0.2, 0) is 12.8 Å². The van der Waals surface area contributed by atoms with Crippen molar-refractivity contribution in [2.45, 2.75) is 25.3 Å². The lowest BCUT2D eigenvalue weighted by Gasteiger charge is -2.15. The smallest absolute Gasteiger partial charge is 0.276 e. The van der Waals surface area contributed by atoms with Gasteiger partial charge in [-0.3, -0.25) is 10.1 Å². The highest BCUT2D eigenvalue weighted by Crippen LogP contribution is 2.29. The maximum atomic E-state index is 12.0. The molecule has 2 aromatic rings. The fraction of sp³-hybridized carbons (Fsp3) is 0.308. The van der Waals surface area contributed by atoms with Crippen molar-refractivity contribution in [2.75, 3.05) is 5.32 Å². The Morgan fingerprint density at radius 2 is 2.35 bits per heavy atom. The van der Waals surface area contributed by atoms with Crippen LogP contribution in [0.4, 0.5) is 5.13 Å². The van der Waals surface area contributed by atoms with Gasteiger partial charge in [0.2, 0.25) is 0 Å². The number of carbonyl (C=O) groups is 1. The number of aromatic nitrogens is 2. The molecule has 0 saturated heterocycles. The number of hydrogen-bond donors (Lipinski definition) is 2. The molecule has 3 rings (SSSR count). The van der Waals surface area contributed by atoms with Crippen molar-refractivity contribution in [3.05, 3.63) is 39.6 Å². The quantitative estimate of drug-likeness (QED) is 0.891. The maximum Gasteiger partial charge on any atom is 0.276 e. The molecule has 5 nitrogen and oxygen atoms in total. The van der Waals surface area contributed by atoms with Crippen LogP contribution in [0.15, 0.2) is 18.3 Å². The predicted molar refractivity (Wildman–Crippen MR) is 79.3 cm³/mol. The molecule has 0 unspecified atom stereocenters. The van der Waals surface area contributed by atoms with E-state index in [1.54, 1.807) is 12.1 Å². The summed E-state index contributed by atoms with van der Waals surface area (Å²) in [7, 11) is 0. The average Bonchev–Trinajstić information content (AvgIpc) is 2.80. The third kappa shape index (κ3) is 2.82. The van der Waals surface area contributed by atoms with Gasteiger partial charge >= 0.3 is 0 Å². The molecular weight excluding hydrogens is 296 g/mol. The summed E-state index contributed by atoms with van der Waals surface area (Å²) in [6.07, 6.45) is 4.11. The van der Waals surface area contributed by atoms with Crippen LogP contribution in [0.5, 0.6) is 0 Å². The molecule has 0 aromatic carbocycles. The number of aryl methyl sites for hydroxylation is 1.